The van der Waals surface area contributed by atoms with E-state index in [1.807, 2.05) is 26.0 Å². The van der Waals surface area contributed by atoms with Crippen LogP contribution in [-0.4, -0.2) is 50.3 Å². The van der Waals surface area contributed by atoms with Gasteiger partial charge < -0.3 is 13.9 Å². The molecule has 9 nitrogen and oxygen atoms in total. The highest BCUT2D eigenvalue weighted by Gasteiger charge is 2.27. The average molecular weight is 465 g/mol. The molecule has 3 unspecified atom stereocenters. The van der Waals surface area contributed by atoms with Gasteiger partial charge in [0.15, 0.2) is 11.6 Å². The fraction of sp³-hybridized carbons (Fsp3) is 0.500. The third-order valence-electron chi connectivity index (χ3n) is 5.07. The summed E-state index contributed by atoms with van der Waals surface area (Å²) in [5.41, 5.74) is 0. The number of aromatic nitrogens is 5. The molecule has 0 amide bonds. The molecular weight excluding hydrogens is 440 g/mol. The molecule has 1 aliphatic rings. The first-order chi connectivity index (χ1) is 15.1. The summed E-state index contributed by atoms with van der Waals surface area (Å²) in [6, 6.07) is 3.96. The third-order valence-corrected chi connectivity index (χ3v) is 6.18. The van der Waals surface area contributed by atoms with Crippen LogP contribution in [0.25, 0.3) is 11.6 Å². The number of furan rings is 1. The van der Waals surface area contributed by atoms with Crippen molar-refractivity contribution in [2.45, 2.75) is 44.1 Å². The minimum atomic E-state index is -0.323. The van der Waals surface area contributed by atoms with E-state index in [1.54, 1.807) is 19.5 Å². The van der Waals surface area contributed by atoms with Crippen LogP contribution in [0.15, 0.2) is 28.9 Å². The number of nitrogens with one attached hydrogen (secondary N) is 1. The molecule has 3 atom stereocenters. The highest BCUT2D eigenvalue weighted by molar-refractivity contribution is 8.01. The first-order valence-corrected chi connectivity index (χ1v) is 11.3. The molecule has 11 heteroatoms. The number of halogens is 1. The van der Waals surface area contributed by atoms with Crippen molar-refractivity contribution in [2.75, 3.05) is 25.0 Å². The molecule has 1 aliphatic heterocycles. The lowest BCUT2D eigenvalue weighted by molar-refractivity contribution is 0.0601. The van der Waals surface area contributed by atoms with Gasteiger partial charge in [0, 0.05) is 26.1 Å². The Morgan fingerprint density at radius 1 is 1.29 bits per heavy atom. The quantitative estimate of drug-likeness (QED) is 0.483. The van der Waals surface area contributed by atoms with Crippen molar-refractivity contribution in [1.82, 2.24) is 24.7 Å². The normalized spacial score (nSPS) is 18.6. The average Bonchev–Trinajstić information content (AvgIpc) is 3.40. The Morgan fingerprint density at radius 3 is 2.74 bits per heavy atom. The first kappa shape index (κ1) is 22.1. The van der Waals surface area contributed by atoms with Crippen LogP contribution >= 0.6 is 23.5 Å². The zero-order valence-electron chi connectivity index (χ0n) is 17.6. The van der Waals surface area contributed by atoms with Crippen molar-refractivity contribution >= 4 is 29.5 Å². The number of hydrogen-bond acceptors (Lipinski definition) is 9. The molecule has 0 radical (unpaired) electrons. The van der Waals surface area contributed by atoms with E-state index in [2.05, 4.69) is 29.5 Å². The number of hydrogen-bond donors (Lipinski definition) is 1. The van der Waals surface area contributed by atoms with Gasteiger partial charge in [-0.25, -0.2) is 9.97 Å². The topological polar surface area (TPSA) is 100 Å². The van der Waals surface area contributed by atoms with Crippen LogP contribution in [-0.2, 0) is 9.47 Å². The second-order valence-electron chi connectivity index (χ2n) is 7.34. The van der Waals surface area contributed by atoms with E-state index >= 15 is 0 Å². The molecule has 3 aromatic rings. The van der Waals surface area contributed by atoms with Gasteiger partial charge in [-0.1, -0.05) is 11.6 Å². The second kappa shape index (κ2) is 9.99. The van der Waals surface area contributed by atoms with E-state index in [1.165, 1.54) is 11.9 Å². The minimum Gasteiger partial charge on any atom is -0.458 e. The number of aryl methyl sites for hydroxylation is 1. The Labute approximate surface area is 190 Å². The summed E-state index contributed by atoms with van der Waals surface area (Å²) in [7, 11) is 1.64. The highest BCUT2D eigenvalue weighted by Crippen LogP contribution is 2.33. The molecule has 1 fully saturated rings. The zero-order chi connectivity index (χ0) is 21.8. The summed E-state index contributed by atoms with van der Waals surface area (Å²) in [6.07, 6.45) is 4.79. The molecule has 4 heterocycles. The van der Waals surface area contributed by atoms with Crippen LogP contribution in [0.1, 0.15) is 43.5 Å². The second-order valence-corrected chi connectivity index (χ2v) is 8.96. The molecule has 1 saturated heterocycles. The highest BCUT2D eigenvalue weighted by atomic mass is 35.5. The van der Waals surface area contributed by atoms with Gasteiger partial charge in [0.2, 0.25) is 11.8 Å². The van der Waals surface area contributed by atoms with Crippen molar-refractivity contribution in [3.8, 4) is 11.6 Å². The molecule has 0 aromatic carbocycles. The van der Waals surface area contributed by atoms with Crippen molar-refractivity contribution in [3.05, 3.63) is 41.1 Å². The Hall–Kier alpha value is -2.14. The maximum Gasteiger partial charge on any atom is 0.235 e. The third kappa shape index (κ3) is 5.03. The predicted molar refractivity (Wildman–Crippen MR) is 119 cm³/mol. The van der Waals surface area contributed by atoms with Gasteiger partial charge in [0.1, 0.15) is 11.9 Å². The molecular formula is C20H25ClN6O3S. The molecule has 3 aromatic heterocycles. The maximum absolute atomic E-state index is 5.91. The summed E-state index contributed by atoms with van der Waals surface area (Å²) < 4.78 is 22.6. The summed E-state index contributed by atoms with van der Waals surface area (Å²) in [6.45, 7) is 5.33. The van der Waals surface area contributed by atoms with E-state index in [-0.39, 0.29) is 17.4 Å². The van der Waals surface area contributed by atoms with E-state index in [4.69, 9.17) is 25.5 Å². The Kier molecular flexibility index (Phi) is 7.11. The lowest BCUT2D eigenvalue weighted by Gasteiger charge is -2.26. The number of ether oxygens (including phenoxy) is 2. The van der Waals surface area contributed by atoms with Crippen molar-refractivity contribution in [2.24, 2.45) is 0 Å². The molecule has 166 valence electrons. The maximum atomic E-state index is 5.91. The number of nitrogens with zero attached hydrogens (tertiary/aromatic N) is 5. The summed E-state index contributed by atoms with van der Waals surface area (Å²) in [5.74, 6) is 3.41. The minimum absolute atomic E-state index is 0.0201. The molecule has 0 aliphatic carbocycles. The largest absolute Gasteiger partial charge is 0.458 e. The number of rotatable bonds is 8. The van der Waals surface area contributed by atoms with Crippen LogP contribution in [0.4, 0.5) is 5.95 Å². The fourth-order valence-electron chi connectivity index (χ4n) is 3.54. The van der Waals surface area contributed by atoms with Crippen molar-refractivity contribution < 1.29 is 13.9 Å². The summed E-state index contributed by atoms with van der Waals surface area (Å²) in [5, 5.41) is 9.26. The van der Waals surface area contributed by atoms with Gasteiger partial charge in [-0.05, 0) is 50.8 Å². The Balaban J connectivity index is 1.54. The number of methoxy groups -OCH3 is 1. The van der Waals surface area contributed by atoms with Gasteiger partial charge in [0.05, 0.1) is 22.9 Å². The van der Waals surface area contributed by atoms with Gasteiger partial charge in [-0.3, -0.25) is 9.29 Å². The lowest BCUT2D eigenvalue weighted by Crippen LogP contribution is -2.23. The van der Waals surface area contributed by atoms with Crippen LogP contribution in [0.3, 0.4) is 0 Å². The predicted octanol–water partition coefficient (Wildman–Crippen LogP) is 4.48. The van der Waals surface area contributed by atoms with Gasteiger partial charge >= 0.3 is 0 Å². The fourth-order valence-corrected chi connectivity index (χ4v) is 4.43. The summed E-state index contributed by atoms with van der Waals surface area (Å²) >= 11 is 7.38. The van der Waals surface area contributed by atoms with Crippen LogP contribution < -0.4 is 4.72 Å². The molecule has 1 N–H and O–H groups in total. The van der Waals surface area contributed by atoms with Crippen molar-refractivity contribution in [1.29, 1.82) is 0 Å². The molecule has 31 heavy (non-hydrogen) atoms. The van der Waals surface area contributed by atoms with Gasteiger partial charge in [-0.2, -0.15) is 0 Å². The Morgan fingerprint density at radius 2 is 2.10 bits per heavy atom. The molecule has 4 rings (SSSR count). The number of anilines is 1. The van der Waals surface area contributed by atoms with E-state index < -0.39 is 0 Å². The zero-order valence-corrected chi connectivity index (χ0v) is 19.2. The van der Waals surface area contributed by atoms with Crippen LogP contribution in [0.2, 0.25) is 5.02 Å². The summed E-state index contributed by atoms with van der Waals surface area (Å²) in [4.78, 5) is 8.58. The monoisotopic (exact) mass is 464 g/mol. The van der Waals surface area contributed by atoms with Gasteiger partial charge in [0.25, 0.3) is 0 Å². The van der Waals surface area contributed by atoms with E-state index in [0.29, 0.717) is 35.0 Å². The standard InChI is InChI=1S/C20H25ClN6O3S/c1-12-6-7-16(30-12)19-24-25-20(27(19)15-5-4-8-29-11-15)26-31-13(2)17(28-3)18-22-9-14(21)10-23-18/h6-7,9-10,13,15,17H,4-5,8,11H2,1-3H3,(H,25,26). The molecule has 0 bridgehead atoms. The van der Waals surface area contributed by atoms with Crippen molar-refractivity contribution in [3.63, 3.8) is 0 Å². The first-order valence-electron chi connectivity index (χ1n) is 10.1. The molecule has 0 spiro atoms. The smallest absolute Gasteiger partial charge is 0.235 e. The van der Waals surface area contributed by atoms with Crippen LogP contribution in [0.5, 0.6) is 0 Å². The lowest BCUT2D eigenvalue weighted by atomic mass is 10.1. The SMILES string of the molecule is COC(c1ncc(Cl)cn1)C(C)SNc1nnc(-c2ccc(C)o2)n1C1CCCOC1. The van der Waals surface area contributed by atoms with Gasteiger partial charge in [-0.15, -0.1) is 10.2 Å². The van der Waals surface area contributed by atoms with Crippen LogP contribution in [0, 0.1) is 6.92 Å². The molecule has 0 saturated carbocycles. The van der Waals surface area contributed by atoms with E-state index in [0.717, 1.165) is 25.2 Å². The Bertz CT molecular complexity index is 989. The van der Waals surface area contributed by atoms with E-state index in [9.17, 15) is 0 Å².